The number of aromatic nitrogens is 1. The minimum Gasteiger partial charge on any atom is -0.395 e. The van der Waals surface area contributed by atoms with Gasteiger partial charge in [0.2, 0.25) is 0 Å². The topological polar surface area (TPSA) is 53.4 Å². The molecule has 0 aliphatic heterocycles. The molecule has 0 fully saturated rings. The molecule has 0 unspecified atom stereocenters. The zero-order valence-corrected chi connectivity index (χ0v) is 12.6. The lowest BCUT2D eigenvalue weighted by Crippen LogP contribution is -2.45. The molecule has 108 valence electrons. The van der Waals surface area contributed by atoms with Crippen molar-refractivity contribution in [3.05, 3.63) is 29.6 Å². The number of pyridine rings is 1. The van der Waals surface area contributed by atoms with E-state index in [4.69, 9.17) is 5.11 Å². The van der Waals surface area contributed by atoms with E-state index in [1.165, 1.54) is 0 Å². The molecule has 0 aromatic carbocycles. The third kappa shape index (κ3) is 3.82. The van der Waals surface area contributed by atoms with E-state index in [1.54, 1.807) is 30.3 Å². The fraction of sp³-hybridized carbons (Fsp3) is 0.500. The number of hydrogen-bond donors (Lipinski definition) is 1. The van der Waals surface area contributed by atoms with Gasteiger partial charge in [-0.25, -0.2) is 4.98 Å². The first-order valence-corrected chi connectivity index (χ1v) is 6.77. The highest BCUT2D eigenvalue weighted by atomic mass is 16.2. The number of carbonyl (C=O) groups is 1. The van der Waals surface area contributed by atoms with E-state index in [1.807, 2.05) is 20.8 Å². The molecule has 0 saturated carbocycles. The third-order valence-electron chi connectivity index (χ3n) is 3.55. The molecule has 1 aromatic rings. The molecule has 0 aliphatic carbocycles. The molecule has 0 aliphatic rings. The van der Waals surface area contributed by atoms with Crippen LogP contribution in [0, 0.1) is 11.8 Å². The van der Waals surface area contributed by atoms with Crippen LogP contribution in [0.5, 0.6) is 0 Å². The number of rotatable bonds is 4. The number of aliphatic hydroxyl groups is 1. The zero-order valence-electron chi connectivity index (χ0n) is 12.6. The number of nitrogens with zero attached hydrogens (tertiary/aromatic N) is 2. The van der Waals surface area contributed by atoms with Crippen LogP contribution in [0.1, 0.15) is 49.7 Å². The van der Waals surface area contributed by atoms with Gasteiger partial charge in [-0.1, -0.05) is 18.8 Å². The molecule has 1 heterocycles. The Hall–Kier alpha value is -1.86. The van der Waals surface area contributed by atoms with Crippen molar-refractivity contribution in [3.8, 4) is 11.8 Å². The summed E-state index contributed by atoms with van der Waals surface area (Å²) >= 11 is 0. The van der Waals surface area contributed by atoms with Crippen LogP contribution >= 0.6 is 0 Å². The summed E-state index contributed by atoms with van der Waals surface area (Å²) in [7, 11) is 1.78. The lowest BCUT2D eigenvalue weighted by atomic mass is 9.99. The highest BCUT2D eigenvalue weighted by Crippen LogP contribution is 2.19. The summed E-state index contributed by atoms with van der Waals surface area (Å²) in [4.78, 5) is 18.4. The maximum absolute atomic E-state index is 12.5. The number of hydrogen-bond acceptors (Lipinski definition) is 3. The summed E-state index contributed by atoms with van der Waals surface area (Å²) in [6, 6.07) is 3.53. The minimum atomic E-state index is -0.232. The van der Waals surface area contributed by atoms with Crippen LogP contribution < -0.4 is 0 Å². The van der Waals surface area contributed by atoms with Gasteiger partial charge >= 0.3 is 0 Å². The van der Waals surface area contributed by atoms with Gasteiger partial charge in [0.25, 0.3) is 5.91 Å². The predicted octanol–water partition coefficient (Wildman–Crippen LogP) is 2.08. The van der Waals surface area contributed by atoms with Crippen molar-refractivity contribution in [1.82, 2.24) is 9.88 Å². The lowest BCUT2D eigenvalue weighted by Gasteiger charge is -2.34. The van der Waals surface area contributed by atoms with Gasteiger partial charge < -0.3 is 10.0 Å². The van der Waals surface area contributed by atoms with Gasteiger partial charge in [0.1, 0.15) is 5.69 Å². The van der Waals surface area contributed by atoms with Gasteiger partial charge in [-0.2, -0.15) is 0 Å². The molecule has 1 amide bonds. The molecule has 0 atom stereocenters. The lowest BCUT2D eigenvalue weighted by molar-refractivity contribution is 0.0614. The van der Waals surface area contributed by atoms with Crippen LogP contribution in [-0.2, 0) is 0 Å². The quantitative estimate of drug-likeness (QED) is 0.855. The van der Waals surface area contributed by atoms with Gasteiger partial charge in [0.05, 0.1) is 12.2 Å². The minimum absolute atomic E-state index is 0.0132. The van der Waals surface area contributed by atoms with E-state index >= 15 is 0 Å². The average molecular weight is 274 g/mol. The van der Waals surface area contributed by atoms with Crippen molar-refractivity contribution in [2.24, 2.45) is 0 Å². The summed E-state index contributed by atoms with van der Waals surface area (Å²) in [6.45, 7) is 6.10. The molecule has 20 heavy (non-hydrogen) atoms. The molecular weight excluding hydrogens is 252 g/mol. The van der Waals surface area contributed by atoms with Crippen LogP contribution in [0.2, 0.25) is 0 Å². The van der Waals surface area contributed by atoms with Crippen LogP contribution in [0.3, 0.4) is 0 Å². The Morgan fingerprint density at radius 1 is 1.50 bits per heavy atom. The molecular formula is C16H22N2O2. The smallest absolute Gasteiger partial charge is 0.273 e. The van der Waals surface area contributed by atoms with Crippen LogP contribution in [0.25, 0.3) is 0 Å². The van der Waals surface area contributed by atoms with E-state index in [2.05, 4.69) is 16.8 Å². The van der Waals surface area contributed by atoms with Gasteiger partial charge in [0.15, 0.2) is 0 Å². The summed E-state index contributed by atoms with van der Waals surface area (Å²) < 4.78 is 0. The van der Waals surface area contributed by atoms with Crippen LogP contribution in [0.15, 0.2) is 18.3 Å². The Labute approximate surface area is 120 Å². The van der Waals surface area contributed by atoms with Crippen molar-refractivity contribution in [3.63, 3.8) is 0 Å². The molecule has 0 bridgehead atoms. The monoisotopic (exact) mass is 274 g/mol. The maximum atomic E-state index is 12.5. The molecule has 1 rings (SSSR count). The predicted molar refractivity (Wildman–Crippen MR) is 79.3 cm³/mol. The highest BCUT2D eigenvalue weighted by Gasteiger charge is 2.28. The van der Waals surface area contributed by atoms with Gasteiger partial charge in [-0.15, -0.1) is 0 Å². The van der Waals surface area contributed by atoms with E-state index in [0.29, 0.717) is 17.7 Å². The first-order valence-electron chi connectivity index (χ1n) is 6.77. The second-order valence-corrected chi connectivity index (χ2v) is 5.21. The van der Waals surface area contributed by atoms with E-state index in [-0.39, 0.29) is 18.1 Å². The third-order valence-corrected chi connectivity index (χ3v) is 3.55. The first kappa shape index (κ1) is 16.2. The zero-order chi connectivity index (χ0) is 15.2. The SMILES string of the molecule is CCC(C)(C)N(C)C(=O)c1ncccc1C#CCCO. The van der Waals surface area contributed by atoms with Crippen molar-refractivity contribution in [2.45, 2.75) is 39.2 Å². The van der Waals surface area contributed by atoms with E-state index in [9.17, 15) is 4.79 Å². The van der Waals surface area contributed by atoms with Gasteiger partial charge in [-0.3, -0.25) is 4.79 Å². The first-order chi connectivity index (χ1) is 9.44. The Bertz CT molecular complexity index is 527. The van der Waals surface area contributed by atoms with Crippen molar-refractivity contribution in [2.75, 3.05) is 13.7 Å². The van der Waals surface area contributed by atoms with E-state index < -0.39 is 0 Å². The molecule has 1 aromatic heterocycles. The van der Waals surface area contributed by atoms with Crippen molar-refractivity contribution >= 4 is 5.91 Å². The van der Waals surface area contributed by atoms with E-state index in [0.717, 1.165) is 6.42 Å². The Morgan fingerprint density at radius 3 is 2.80 bits per heavy atom. The molecule has 4 heteroatoms. The molecule has 0 spiro atoms. The number of amides is 1. The van der Waals surface area contributed by atoms with Gasteiger partial charge in [-0.05, 0) is 32.4 Å². The Kier molecular flexibility index (Phi) is 5.72. The number of aliphatic hydroxyl groups excluding tert-OH is 1. The fourth-order valence-electron chi connectivity index (χ4n) is 1.56. The summed E-state index contributed by atoms with van der Waals surface area (Å²) in [5, 5.41) is 8.76. The van der Waals surface area contributed by atoms with Crippen LogP contribution in [-0.4, -0.2) is 40.1 Å². The summed E-state index contributed by atoms with van der Waals surface area (Å²) in [5.41, 5.74) is 0.733. The average Bonchev–Trinajstić information content (AvgIpc) is 2.46. The standard InChI is InChI=1S/C16H22N2O2/c1-5-16(2,3)18(4)15(20)14-13(9-6-7-12-19)10-8-11-17-14/h8,10-11,19H,5,7,12H2,1-4H3. The molecule has 4 nitrogen and oxygen atoms in total. The summed E-state index contributed by atoms with van der Waals surface area (Å²) in [6.07, 6.45) is 2.84. The molecule has 1 N–H and O–H groups in total. The fourth-order valence-corrected chi connectivity index (χ4v) is 1.56. The maximum Gasteiger partial charge on any atom is 0.273 e. The normalized spacial score (nSPS) is 10.7. The second kappa shape index (κ2) is 7.06. The van der Waals surface area contributed by atoms with Crippen molar-refractivity contribution < 1.29 is 9.90 Å². The summed E-state index contributed by atoms with van der Waals surface area (Å²) in [5.74, 6) is 5.59. The number of carbonyl (C=O) groups excluding carboxylic acids is 1. The van der Waals surface area contributed by atoms with Gasteiger partial charge in [0, 0.05) is 25.2 Å². The Balaban J connectivity index is 3.08. The second-order valence-electron chi connectivity index (χ2n) is 5.21. The van der Waals surface area contributed by atoms with Crippen molar-refractivity contribution in [1.29, 1.82) is 0 Å². The largest absolute Gasteiger partial charge is 0.395 e. The Morgan fingerprint density at radius 2 is 2.20 bits per heavy atom. The molecule has 0 radical (unpaired) electrons. The molecule has 0 saturated heterocycles. The van der Waals surface area contributed by atoms with Crippen LogP contribution in [0.4, 0.5) is 0 Å². The highest BCUT2D eigenvalue weighted by molar-refractivity contribution is 5.95.